The summed E-state index contributed by atoms with van der Waals surface area (Å²) in [5, 5.41) is 12.6. The van der Waals surface area contributed by atoms with Crippen LogP contribution >= 0.6 is 0 Å². The van der Waals surface area contributed by atoms with Gasteiger partial charge < -0.3 is 4.90 Å². The van der Waals surface area contributed by atoms with Crippen LogP contribution in [0.5, 0.6) is 0 Å². The molecule has 80 valence electrons. The first-order valence-electron chi connectivity index (χ1n) is 5.43. The molecular formula is C11H21N3. The molecule has 0 aromatic heterocycles. The minimum Gasteiger partial charge on any atom is -0.303 e. The van der Waals surface area contributed by atoms with Crippen LogP contribution in [0.1, 0.15) is 26.7 Å². The highest BCUT2D eigenvalue weighted by Gasteiger charge is 2.33. The molecule has 1 atom stereocenters. The Kier molecular flexibility index (Phi) is 3.91. The summed E-state index contributed by atoms with van der Waals surface area (Å²) >= 11 is 0. The molecule has 1 unspecified atom stereocenters. The molecular weight excluding hydrogens is 174 g/mol. The number of piperidine rings is 1. The molecule has 14 heavy (non-hydrogen) atoms. The van der Waals surface area contributed by atoms with Crippen molar-refractivity contribution in [1.29, 1.82) is 5.26 Å². The number of rotatable bonds is 3. The zero-order valence-electron chi connectivity index (χ0n) is 9.51. The second kappa shape index (κ2) is 4.77. The molecule has 1 aliphatic rings. The van der Waals surface area contributed by atoms with E-state index in [1.54, 1.807) is 0 Å². The van der Waals surface area contributed by atoms with Gasteiger partial charge in [0.1, 0.15) is 5.54 Å². The van der Waals surface area contributed by atoms with Crippen molar-refractivity contribution >= 4 is 0 Å². The van der Waals surface area contributed by atoms with Crippen molar-refractivity contribution in [3.63, 3.8) is 0 Å². The smallest absolute Gasteiger partial charge is 0.119 e. The van der Waals surface area contributed by atoms with Gasteiger partial charge in [0.05, 0.1) is 6.07 Å². The Morgan fingerprint density at radius 2 is 2.29 bits per heavy atom. The Bertz CT molecular complexity index is 219. The molecule has 0 aliphatic carbocycles. The van der Waals surface area contributed by atoms with Gasteiger partial charge in [-0.3, -0.25) is 5.32 Å². The summed E-state index contributed by atoms with van der Waals surface area (Å²) < 4.78 is 0. The van der Waals surface area contributed by atoms with Crippen molar-refractivity contribution in [3.05, 3.63) is 0 Å². The van der Waals surface area contributed by atoms with Crippen LogP contribution in [0, 0.1) is 17.2 Å². The van der Waals surface area contributed by atoms with Crippen LogP contribution in [0.15, 0.2) is 0 Å². The highest BCUT2D eigenvalue weighted by Crippen LogP contribution is 2.19. The monoisotopic (exact) mass is 195 g/mol. The highest BCUT2D eigenvalue weighted by atomic mass is 15.2. The lowest BCUT2D eigenvalue weighted by atomic mass is 9.90. The molecule has 1 fully saturated rings. The average molecular weight is 195 g/mol. The van der Waals surface area contributed by atoms with E-state index < -0.39 is 0 Å². The SMILES string of the molecule is CC(C)CNC1(C#N)CCCN(C)C1. The van der Waals surface area contributed by atoms with Crippen LogP contribution in [-0.2, 0) is 0 Å². The van der Waals surface area contributed by atoms with Crippen molar-refractivity contribution in [1.82, 2.24) is 10.2 Å². The lowest BCUT2D eigenvalue weighted by Gasteiger charge is -2.37. The van der Waals surface area contributed by atoms with Crippen molar-refractivity contribution < 1.29 is 0 Å². The molecule has 0 saturated carbocycles. The van der Waals surface area contributed by atoms with Gasteiger partial charge in [0.15, 0.2) is 0 Å². The zero-order chi connectivity index (χ0) is 10.6. The Morgan fingerprint density at radius 1 is 1.57 bits per heavy atom. The van der Waals surface area contributed by atoms with Crippen LogP contribution < -0.4 is 5.32 Å². The molecule has 0 bridgehead atoms. The fraction of sp³-hybridized carbons (Fsp3) is 0.909. The molecule has 1 N–H and O–H groups in total. The fourth-order valence-electron chi connectivity index (χ4n) is 1.94. The number of nitrogens with one attached hydrogen (secondary N) is 1. The number of nitriles is 1. The lowest BCUT2D eigenvalue weighted by molar-refractivity contribution is 0.181. The Labute approximate surface area is 87.1 Å². The summed E-state index contributed by atoms with van der Waals surface area (Å²) in [7, 11) is 2.09. The quantitative estimate of drug-likeness (QED) is 0.736. The van der Waals surface area contributed by atoms with Crippen LogP contribution in [0.4, 0.5) is 0 Å². The van der Waals surface area contributed by atoms with Crippen LogP contribution in [0.25, 0.3) is 0 Å². The van der Waals surface area contributed by atoms with E-state index in [1.807, 2.05) is 0 Å². The topological polar surface area (TPSA) is 39.1 Å². The number of hydrogen-bond donors (Lipinski definition) is 1. The minimum absolute atomic E-state index is 0.294. The summed E-state index contributed by atoms with van der Waals surface area (Å²) in [5.41, 5.74) is -0.294. The molecule has 0 aromatic rings. The molecule has 0 amide bonds. The first-order valence-corrected chi connectivity index (χ1v) is 5.43. The summed E-state index contributed by atoms with van der Waals surface area (Å²) in [6, 6.07) is 2.45. The van der Waals surface area contributed by atoms with Crippen LogP contribution in [0.3, 0.4) is 0 Å². The maximum absolute atomic E-state index is 9.23. The van der Waals surface area contributed by atoms with Gasteiger partial charge in [0.25, 0.3) is 0 Å². The average Bonchev–Trinajstić information content (AvgIpc) is 2.15. The molecule has 1 rings (SSSR count). The molecule has 0 radical (unpaired) electrons. The molecule has 1 aliphatic heterocycles. The van der Waals surface area contributed by atoms with Crippen LogP contribution in [0.2, 0.25) is 0 Å². The van der Waals surface area contributed by atoms with Crippen molar-refractivity contribution in [2.45, 2.75) is 32.2 Å². The van der Waals surface area contributed by atoms with Gasteiger partial charge in [-0.25, -0.2) is 0 Å². The van der Waals surface area contributed by atoms with E-state index in [9.17, 15) is 5.26 Å². The Balaban J connectivity index is 2.53. The molecule has 1 saturated heterocycles. The third-order valence-electron chi connectivity index (χ3n) is 2.75. The van der Waals surface area contributed by atoms with E-state index in [1.165, 1.54) is 0 Å². The normalized spacial score (nSPS) is 29.1. The Morgan fingerprint density at radius 3 is 2.79 bits per heavy atom. The second-order valence-electron chi connectivity index (χ2n) is 4.81. The van der Waals surface area contributed by atoms with Crippen molar-refractivity contribution in [2.75, 3.05) is 26.7 Å². The van der Waals surface area contributed by atoms with Gasteiger partial charge in [-0.1, -0.05) is 13.8 Å². The van der Waals surface area contributed by atoms with E-state index in [2.05, 4.69) is 37.2 Å². The Hall–Kier alpha value is -0.590. The molecule has 3 heteroatoms. The summed E-state index contributed by atoms with van der Waals surface area (Å²) in [4.78, 5) is 2.24. The predicted octanol–water partition coefficient (Wildman–Crippen LogP) is 1.22. The van der Waals surface area contributed by atoms with E-state index in [0.717, 1.165) is 32.5 Å². The number of nitrogens with zero attached hydrogens (tertiary/aromatic N) is 2. The van der Waals surface area contributed by atoms with E-state index in [4.69, 9.17) is 0 Å². The van der Waals surface area contributed by atoms with E-state index in [0.29, 0.717) is 5.92 Å². The standard InChI is InChI=1S/C11H21N3/c1-10(2)7-13-11(8-12)5-4-6-14(3)9-11/h10,13H,4-7,9H2,1-3H3. The highest BCUT2D eigenvalue weighted by molar-refractivity contribution is 5.10. The summed E-state index contributed by atoms with van der Waals surface area (Å²) in [6.45, 7) is 7.25. The lowest BCUT2D eigenvalue weighted by Crippen LogP contribution is -2.55. The first kappa shape index (κ1) is 11.5. The minimum atomic E-state index is -0.294. The van der Waals surface area contributed by atoms with Gasteiger partial charge in [0.2, 0.25) is 0 Å². The summed E-state index contributed by atoms with van der Waals surface area (Å²) in [5.74, 6) is 0.604. The number of likely N-dealkylation sites (N-methyl/N-ethyl adjacent to an activating group) is 1. The molecule has 0 aromatic carbocycles. The molecule has 3 nitrogen and oxygen atoms in total. The first-order chi connectivity index (χ1) is 6.58. The molecule has 0 spiro atoms. The third-order valence-corrected chi connectivity index (χ3v) is 2.75. The number of likely N-dealkylation sites (tertiary alicyclic amines) is 1. The second-order valence-corrected chi connectivity index (χ2v) is 4.81. The van der Waals surface area contributed by atoms with Gasteiger partial charge in [0, 0.05) is 6.54 Å². The van der Waals surface area contributed by atoms with Crippen molar-refractivity contribution in [3.8, 4) is 6.07 Å². The third kappa shape index (κ3) is 2.97. The maximum Gasteiger partial charge on any atom is 0.119 e. The molecule has 1 heterocycles. The van der Waals surface area contributed by atoms with Gasteiger partial charge in [-0.15, -0.1) is 0 Å². The van der Waals surface area contributed by atoms with Gasteiger partial charge >= 0.3 is 0 Å². The van der Waals surface area contributed by atoms with E-state index in [-0.39, 0.29) is 5.54 Å². The van der Waals surface area contributed by atoms with Crippen molar-refractivity contribution in [2.24, 2.45) is 5.92 Å². The van der Waals surface area contributed by atoms with Gasteiger partial charge in [-0.2, -0.15) is 5.26 Å². The largest absolute Gasteiger partial charge is 0.303 e. The maximum atomic E-state index is 9.23. The number of hydrogen-bond acceptors (Lipinski definition) is 3. The fourth-order valence-corrected chi connectivity index (χ4v) is 1.94. The van der Waals surface area contributed by atoms with E-state index >= 15 is 0 Å². The zero-order valence-corrected chi connectivity index (χ0v) is 9.51. The van der Waals surface area contributed by atoms with Gasteiger partial charge in [-0.05, 0) is 38.9 Å². The predicted molar refractivity (Wildman–Crippen MR) is 57.9 cm³/mol. The van der Waals surface area contributed by atoms with Crippen LogP contribution in [-0.4, -0.2) is 37.1 Å². The summed E-state index contributed by atoms with van der Waals surface area (Å²) in [6.07, 6.45) is 2.11.